The smallest absolute Gasteiger partial charge is 0.131 e. The second-order valence-corrected chi connectivity index (χ2v) is 4.29. The summed E-state index contributed by atoms with van der Waals surface area (Å²) in [5.74, 6) is 1.64. The van der Waals surface area contributed by atoms with Crippen LogP contribution in [0.25, 0.3) is 0 Å². The third-order valence-electron chi connectivity index (χ3n) is 2.87. The van der Waals surface area contributed by atoms with E-state index in [1.807, 2.05) is 13.1 Å². The first kappa shape index (κ1) is 11.1. The van der Waals surface area contributed by atoms with Gasteiger partial charge in [0.05, 0.1) is 5.60 Å². The van der Waals surface area contributed by atoms with Crippen molar-refractivity contribution in [2.24, 2.45) is 0 Å². The van der Waals surface area contributed by atoms with Crippen LogP contribution in [-0.4, -0.2) is 35.8 Å². The van der Waals surface area contributed by atoms with E-state index in [0.717, 1.165) is 37.6 Å². The third kappa shape index (κ3) is 2.61. The molecule has 88 valence electrons. The molecule has 1 aliphatic heterocycles. The molecular weight excluding hydrogens is 204 g/mol. The molecule has 1 fully saturated rings. The van der Waals surface area contributed by atoms with Crippen molar-refractivity contribution < 1.29 is 4.74 Å². The van der Waals surface area contributed by atoms with Crippen LogP contribution in [0.1, 0.15) is 19.8 Å². The van der Waals surface area contributed by atoms with Gasteiger partial charge in [-0.1, -0.05) is 0 Å². The minimum Gasteiger partial charge on any atom is -0.373 e. The van der Waals surface area contributed by atoms with Gasteiger partial charge in [-0.05, 0) is 19.8 Å². The zero-order valence-electron chi connectivity index (χ0n) is 9.79. The molecule has 0 aliphatic carbocycles. The Kier molecular flexibility index (Phi) is 3.24. The number of ether oxygens (including phenoxy) is 1. The average molecular weight is 222 g/mol. The predicted molar refractivity (Wildman–Crippen MR) is 63.7 cm³/mol. The molecule has 2 N–H and O–H groups in total. The van der Waals surface area contributed by atoms with E-state index in [1.54, 1.807) is 6.33 Å². The van der Waals surface area contributed by atoms with E-state index < -0.39 is 0 Å². The summed E-state index contributed by atoms with van der Waals surface area (Å²) in [4.78, 5) is 8.22. The van der Waals surface area contributed by atoms with Crippen LogP contribution in [0.5, 0.6) is 0 Å². The highest BCUT2D eigenvalue weighted by Gasteiger charge is 2.29. The molecule has 1 atom stereocenters. The molecule has 5 heteroatoms. The summed E-state index contributed by atoms with van der Waals surface area (Å²) in [6.45, 7) is 3.78. The second-order valence-electron chi connectivity index (χ2n) is 4.29. The molecule has 1 aromatic rings. The molecule has 2 rings (SSSR count). The highest BCUT2D eigenvalue weighted by Crippen LogP contribution is 2.25. The van der Waals surface area contributed by atoms with Gasteiger partial charge in [-0.3, -0.25) is 0 Å². The summed E-state index contributed by atoms with van der Waals surface area (Å²) in [6, 6.07) is 1.89. The quantitative estimate of drug-likeness (QED) is 0.808. The Morgan fingerprint density at radius 2 is 2.25 bits per heavy atom. The van der Waals surface area contributed by atoms with Crippen LogP contribution in [-0.2, 0) is 4.74 Å². The van der Waals surface area contributed by atoms with Crippen molar-refractivity contribution in [3.63, 3.8) is 0 Å². The molecule has 2 heterocycles. The van der Waals surface area contributed by atoms with Crippen molar-refractivity contribution in [3.8, 4) is 0 Å². The maximum absolute atomic E-state index is 5.70. The number of hydrogen-bond acceptors (Lipinski definition) is 5. The molecule has 0 spiro atoms. The van der Waals surface area contributed by atoms with Crippen LogP contribution in [0, 0.1) is 0 Å². The lowest BCUT2D eigenvalue weighted by Crippen LogP contribution is -2.32. The van der Waals surface area contributed by atoms with Crippen molar-refractivity contribution in [2.45, 2.75) is 25.4 Å². The first-order chi connectivity index (χ1) is 7.72. The molecule has 1 aliphatic rings. The van der Waals surface area contributed by atoms with Crippen molar-refractivity contribution in [1.82, 2.24) is 9.97 Å². The number of nitrogens with one attached hydrogen (secondary N) is 2. The third-order valence-corrected chi connectivity index (χ3v) is 2.87. The fourth-order valence-corrected chi connectivity index (χ4v) is 1.84. The topological polar surface area (TPSA) is 59.1 Å². The van der Waals surface area contributed by atoms with Gasteiger partial charge in [-0.25, -0.2) is 9.97 Å². The number of rotatable bonds is 4. The van der Waals surface area contributed by atoms with E-state index in [0.29, 0.717) is 0 Å². The number of hydrogen-bond donors (Lipinski definition) is 2. The van der Waals surface area contributed by atoms with Gasteiger partial charge in [-0.15, -0.1) is 0 Å². The van der Waals surface area contributed by atoms with Gasteiger partial charge < -0.3 is 15.4 Å². The van der Waals surface area contributed by atoms with Crippen LogP contribution in [0.15, 0.2) is 12.4 Å². The minimum absolute atomic E-state index is 0.0508. The van der Waals surface area contributed by atoms with Gasteiger partial charge in [0, 0.05) is 26.3 Å². The van der Waals surface area contributed by atoms with E-state index in [4.69, 9.17) is 4.74 Å². The monoisotopic (exact) mass is 222 g/mol. The summed E-state index contributed by atoms with van der Waals surface area (Å²) in [5, 5.41) is 6.27. The molecule has 0 bridgehead atoms. The molecule has 1 unspecified atom stereocenters. The second kappa shape index (κ2) is 4.65. The Balaban J connectivity index is 1.93. The van der Waals surface area contributed by atoms with Gasteiger partial charge in [0.2, 0.25) is 0 Å². The van der Waals surface area contributed by atoms with E-state index in [1.165, 1.54) is 0 Å². The molecule has 0 radical (unpaired) electrons. The Labute approximate surface area is 95.6 Å². The average Bonchev–Trinajstić information content (AvgIpc) is 2.75. The Bertz CT molecular complexity index is 350. The highest BCUT2D eigenvalue weighted by atomic mass is 16.5. The molecule has 0 amide bonds. The lowest BCUT2D eigenvalue weighted by Gasteiger charge is -2.23. The van der Waals surface area contributed by atoms with Crippen molar-refractivity contribution >= 4 is 11.6 Å². The largest absolute Gasteiger partial charge is 0.373 e. The lowest BCUT2D eigenvalue weighted by molar-refractivity contribution is 0.0315. The van der Waals surface area contributed by atoms with E-state index in [9.17, 15) is 0 Å². The number of nitrogens with zero attached hydrogens (tertiary/aromatic N) is 2. The van der Waals surface area contributed by atoms with Crippen molar-refractivity contribution in [3.05, 3.63) is 12.4 Å². The van der Waals surface area contributed by atoms with E-state index in [-0.39, 0.29) is 5.60 Å². The van der Waals surface area contributed by atoms with Crippen LogP contribution in [0.3, 0.4) is 0 Å². The molecular formula is C11H18N4O. The molecule has 16 heavy (non-hydrogen) atoms. The number of aromatic nitrogens is 2. The molecule has 1 aromatic heterocycles. The predicted octanol–water partition coefficient (Wildman–Crippen LogP) is 1.50. The van der Waals surface area contributed by atoms with Crippen LogP contribution in [0.2, 0.25) is 0 Å². The first-order valence-corrected chi connectivity index (χ1v) is 5.59. The zero-order chi connectivity index (χ0) is 11.4. The van der Waals surface area contributed by atoms with E-state index in [2.05, 4.69) is 27.5 Å². The lowest BCUT2D eigenvalue weighted by atomic mass is 10.0. The van der Waals surface area contributed by atoms with Gasteiger partial charge >= 0.3 is 0 Å². The maximum Gasteiger partial charge on any atom is 0.131 e. The van der Waals surface area contributed by atoms with Gasteiger partial charge in [0.15, 0.2) is 0 Å². The molecule has 1 saturated heterocycles. The van der Waals surface area contributed by atoms with Crippen LogP contribution < -0.4 is 10.6 Å². The highest BCUT2D eigenvalue weighted by molar-refractivity contribution is 5.46. The van der Waals surface area contributed by atoms with Crippen LogP contribution >= 0.6 is 0 Å². The molecule has 0 saturated carbocycles. The van der Waals surface area contributed by atoms with E-state index >= 15 is 0 Å². The van der Waals surface area contributed by atoms with Crippen LogP contribution in [0.4, 0.5) is 11.6 Å². The van der Waals surface area contributed by atoms with Crippen molar-refractivity contribution in [2.75, 3.05) is 30.8 Å². The summed E-state index contributed by atoms with van der Waals surface area (Å²) >= 11 is 0. The van der Waals surface area contributed by atoms with Gasteiger partial charge in [-0.2, -0.15) is 0 Å². The SMILES string of the molecule is CNc1cc(NCC2(C)CCCO2)ncn1. The normalized spacial score (nSPS) is 24.4. The minimum atomic E-state index is -0.0508. The Morgan fingerprint density at radius 3 is 2.94 bits per heavy atom. The number of anilines is 2. The Morgan fingerprint density at radius 1 is 1.44 bits per heavy atom. The summed E-state index contributed by atoms with van der Waals surface area (Å²) in [5.41, 5.74) is -0.0508. The first-order valence-electron chi connectivity index (χ1n) is 5.59. The van der Waals surface area contributed by atoms with Crippen molar-refractivity contribution in [1.29, 1.82) is 0 Å². The molecule has 5 nitrogen and oxygen atoms in total. The zero-order valence-corrected chi connectivity index (χ0v) is 9.79. The molecule has 0 aromatic carbocycles. The standard InChI is InChI=1S/C11H18N4O/c1-11(4-3-5-16-11)7-13-10-6-9(12-2)14-8-15-10/h6,8H,3-5,7H2,1-2H3,(H2,12,13,14,15). The fourth-order valence-electron chi connectivity index (χ4n) is 1.84. The van der Waals surface area contributed by atoms with Gasteiger partial charge in [0.1, 0.15) is 18.0 Å². The summed E-state index contributed by atoms with van der Waals surface area (Å²) in [7, 11) is 1.84. The summed E-state index contributed by atoms with van der Waals surface area (Å²) in [6.07, 6.45) is 3.79. The maximum atomic E-state index is 5.70. The fraction of sp³-hybridized carbons (Fsp3) is 0.636. The summed E-state index contributed by atoms with van der Waals surface area (Å²) < 4.78 is 5.70. The Hall–Kier alpha value is -1.36. The van der Waals surface area contributed by atoms with Gasteiger partial charge in [0.25, 0.3) is 0 Å².